The van der Waals surface area contributed by atoms with Gasteiger partial charge in [0.25, 0.3) is 0 Å². The SMILES string of the molecule is COC(=O)[C@]12C=CC(=O)[C@H]1CC=C[C@H]2OC(=O)C(C)(C)C. The van der Waals surface area contributed by atoms with E-state index in [-0.39, 0.29) is 5.78 Å². The van der Waals surface area contributed by atoms with E-state index in [0.29, 0.717) is 6.42 Å². The largest absolute Gasteiger partial charge is 0.468 e. The average Bonchev–Trinajstić information content (AvgIpc) is 2.77. The predicted molar refractivity (Wildman–Crippen MR) is 75.2 cm³/mol. The van der Waals surface area contributed by atoms with Crippen LogP contribution < -0.4 is 0 Å². The number of carbonyl (C=O) groups excluding carboxylic acids is 3. The summed E-state index contributed by atoms with van der Waals surface area (Å²) >= 11 is 0. The molecule has 0 unspecified atom stereocenters. The van der Waals surface area contributed by atoms with E-state index in [0.717, 1.165) is 0 Å². The van der Waals surface area contributed by atoms with Gasteiger partial charge in [-0.1, -0.05) is 12.2 Å². The Labute approximate surface area is 124 Å². The zero-order valence-corrected chi connectivity index (χ0v) is 12.7. The minimum absolute atomic E-state index is 0.137. The second kappa shape index (κ2) is 5.13. The van der Waals surface area contributed by atoms with Crippen LogP contribution in [0.25, 0.3) is 0 Å². The van der Waals surface area contributed by atoms with E-state index in [1.807, 2.05) is 0 Å². The van der Waals surface area contributed by atoms with Crippen molar-refractivity contribution in [2.45, 2.75) is 33.3 Å². The molecule has 2 aliphatic rings. The van der Waals surface area contributed by atoms with Crippen molar-refractivity contribution >= 4 is 17.7 Å². The molecule has 0 aromatic heterocycles. The molecule has 0 heterocycles. The molecule has 0 aliphatic heterocycles. The van der Waals surface area contributed by atoms with Crippen LogP contribution in [0.2, 0.25) is 0 Å². The molecule has 0 N–H and O–H groups in total. The van der Waals surface area contributed by atoms with E-state index in [1.54, 1.807) is 32.9 Å². The van der Waals surface area contributed by atoms with Gasteiger partial charge in [-0.15, -0.1) is 0 Å². The van der Waals surface area contributed by atoms with E-state index in [9.17, 15) is 14.4 Å². The third-order valence-electron chi connectivity index (χ3n) is 3.98. The van der Waals surface area contributed by atoms with Gasteiger partial charge in [-0.25, -0.2) is 0 Å². The van der Waals surface area contributed by atoms with Gasteiger partial charge in [0.05, 0.1) is 12.5 Å². The van der Waals surface area contributed by atoms with Gasteiger partial charge >= 0.3 is 11.9 Å². The van der Waals surface area contributed by atoms with Crippen LogP contribution in [0.15, 0.2) is 24.3 Å². The molecule has 0 fully saturated rings. The quantitative estimate of drug-likeness (QED) is 0.573. The lowest BCUT2D eigenvalue weighted by molar-refractivity contribution is -0.173. The van der Waals surface area contributed by atoms with E-state index in [1.165, 1.54) is 19.3 Å². The van der Waals surface area contributed by atoms with Crippen molar-refractivity contribution in [3.8, 4) is 0 Å². The number of ketones is 1. The fourth-order valence-electron chi connectivity index (χ4n) is 2.72. The first-order valence-electron chi connectivity index (χ1n) is 6.92. The predicted octanol–water partition coefficient (Wildman–Crippen LogP) is 1.82. The Balaban J connectivity index is 2.39. The molecule has 21 heavy (non-hydrogen) atoms. The van der Waals surface area contributed by atoms with Gasteiger partial charge in [0, 0.05) is 5.92 Å². The third kappa shape index (κ3) is 2.41. The summed E-state index contributed by atoms with van der Waals surface area (Å²) in [7, 11) is 1.27. The van der Waals surface area contributed by atoms with Gasteiger partial charge in [0.2, 0.25) is 0 Å². The molecule has 0 aromatic carbocycles. The van der Waals surface area contributed by atoms with Gasteiger partial charge in [0.15, 0.2) is 5.78 Å². The molecule has 0 amide bonds. The molecule has 2 aliphatic carbocycles. The lowest BCUT2D eigenvalue weighted by Gasteiger charge is -2.39. The van der Waals surface area contributed by atoms with Crippen LogP contribution in [-0.4, -0.2) is 30.9 Å². The molecule has 0 spiro atoms. The molecule has 0 saturated carbocycles. The zero-order chi connectivity index (χ0) is 15.8. The Hall–Kier alpha value is -1.91. The maximum Gasteiger partial charge on any atom is 0.320 e. The Bertz CT molecular complexity index is 537. The van der Waals surface area contributed by atoms with Crippen molar-refractivity contribution in [3.05, 3.63) is 24.3 Å². The maximum atomic E-state index is 12.3. The number of allylic oxidation sites excluding steroid dienone is 2. The minimum Gasteiger partial charge on any atom is -0.468 e. The number of methoxy groups -OCH3 is 1. The summed E-state index contributed by atoms with van der Waals surface area (Å²) in [4.78, 5) is 36.4. The number of hydrogen-bond donors (Lipinski definition) is 0. The molecule has 2 rings (SSSR count). The number of esters is 2. The molecule has 3 atom stereocenters. The first-order chi connectivity index (χ1) is 9.73. The summed E-state index contributed by atoms with van der Waals surface area (Å²) in [5.41, 5.74) is -1.92. The number of hydrogen-bond acceptors (Lipinski definition) is 5. The van der Waals surface area contributed by atoms with Gasteiger partial charge in [-0.05, 0) is 39.3 Å². The monoisotopic (exact) mass is 292 g/mol. The highest BCUT2D eigenvalue weighted by Gasteiger charge is 2.58. The molecular weight excluding hydrogens is 272 g/mol. The van der Waals surface area contributed by atoms with E-state index >= 15 is 0 Å². The van der Waals surface area contributed by atoms with Gasteiger partial charge < -0.3 is 9.47 Å². The van der Waals surface area contributed by atoms with Crippen LogP contribution in [-0.2, 0) is 23.9 Å². The van der Waals surface area contributed by atoms with Crippen LogP contribution in [0.5, 0.6) is 0 Å². The summed E-state index contributed by atoms with van der Waals surface area (Å²) in [5.74, 6) is -1.67. The Kier molecular flexibility index (Phi) is 3.78. The first kappa shape index (κ1) is 15.5. The number of rotatable bonds is 2. The standard InChI is InChI=1S/C16H20O5/c1-15(2,3)13(18)21-12-7-5-6-10-11(17)8-9-16(10,12)14(19)20-4/h5,7-10,12H,6H2,1-4H3/t10-,12-,16-/m1/s1. The van der Waals surface area contributed by atoms with Crippen LogP contribution in [0.4, 0.5) is 0 Å². The van der Waals surface area contributed by atoms with Crippen LogP contribution >= 0.6 is 0 Å². The normalized spacial score (nSPS) is 31.0. The molecule has 5 nitrogen and oxygen atoms in total. The third-order valence-corrected chi connectivity index (χ3v) is 3.98. The molecule has 0 bridgehead atoms. The van der Waals surface area contributed by atoms with Gasteiger partial charge in [0.1, 0.15) is 11.5 Å². The second-order valence-corrected chi connectivity index (χ2v) is 6.45. The average molecular weight is 292 g/mol. The zero-order valence-electron chi connectivity index (χ0n) is 12.7. The van der Waals surface area contributed by atoms with Gasteiger partial charge in [-0.3, -0.25) is 14.4 Å². The smallest absolute Gasteiger partial charge is 0.320 e. The van der Waals surface area contributed by atoms with Crippen molar-refractivity contribution in [2.24, 2.45) is 16.7 Å². The van der Waals surface area contributed by atoms with E-state index in [2.05, 4.69) is 0 Å². The van der Waals surface area contributed by atoms with Gasteiger partial charge in [-0.2, -0.15) is 0 Å². The van der Waals surface area contributed by atoms with Crippen molar-refractivity contribution in [1.29, 1.82) is 0 Å². The molecule has 0 radical (unpaired) electrons. The highest BCUT2D eigenvalue weighted by Crippen LogP contribution is 2.47. The lowest BCUT2D eigenvalue weighted by Crippen LogP contribution is -2.50. The summed E-state index contributed by atoms with van der Waals surface area (Å²) in [6.45, 7) is 5.21. The fourth-order valence-corrected chi connectivity index (χ4v) is 2.72. The molecular formula is C16H20O5. The Morgan fingerprint density at radius 1 is 1.33 bits per heavy atom. The maximum absolute atomic E-state index is 12.3. The Morgan fingerprint density at radius 2 is 2.00 bits per heavy atom. The minimum atomic E-state index is -1.23. The second-order valence-electron chi connectivity index (χ2n) is 6.45. The highest BCUT2D eigenvalue weighted by molar-refractivity contribution is 6.02. The topological polar surface area (TPSA) is 69.7 Å². The van der Waals surface area contributed by atoms with E-state index < -0.39 is 34.8 Å². The molecule has 5 heteroatoms. The summed E-state index contributed by atoms with van der Waals surface area (Å²) in [6, 6.07) is 0. The molecule has 114 valence electrons. The van der Waals surface area contributed by atoms with Crippen LogP contribution in [0.3, 0.4) is 0 Å². The van der Waals surface area contributed by atoms with Crippen LogP contribution in [0, 0.1) is 16.7 Å². The summed E-state index contributed by atoms with van der Waals surface area (Å²) in [5, 5.41) is 0. The van der Waals surface area contributed by atoms with Crippen LogP contribution in [0.1, 0.15) is 27.2 Å². The number of ether oxygens (including phenoxy) is 2. The summed E-state index contributed by atoms with van der Waals surface area (Å²) in [6.07, 6.45) is 5.96. The number of carbonyl (C=O) groups is 3. The fraction of sp³-hybridized carbons (Fsp3) is 0.562. The van der Waals surface area contributed by atoms with Crippen molar-refractivity contribution in [1.82, 2.24) is 0 Å². The molecule has 0 saturated heterocycles. The Morgan fingerprint density at radius 3 is 2.57 bits per heavy atom. The highest BCUT2D eigenvalue weighted by atomic mass is 16.6. The van der Waals surface area contributed by atoms with Crippen molar-refractivity contribution in [3.63, 3.8) is 0 Å². The van der Waals surface area contributed by atoms with E-state index in [4.69, 9.17) is 9.47 Å². The van der Waals surface area contributed by atoms with Crippen molar-refractivity contribution < 1.29 is 23.9 Å². The number of fused-ring (bicyclic) bond motifs is 1. The molecule has 0 aromatic rings. The summed E-state index contributed by atoms with van der Waals surface area (Å²) < 4.78 is 10.4. The lowest BCUT2D eigenvalue weighted by atomic mass is 9.68. The first-order valence-corrected chi connectivity index (χ1v) is 6.92. The van der Waals surface area contributed by atoms with Crippen molar-refractivity contribution in [2.75, 3.05) is 7.11 Å².